The molecule has 1 aromatic carbocycles. The maximum atomic E-state index is 12.7. The fourth-order valence-electron chi connectivity index (χ4n) is 3.26. The molecule has 0 unspecified atom stereocenters. The Morgan fingerprint density at radius 3 is 2.11 bits per heavy atom. The van der Waals surface area contributed by atoms with Crippen molar-refractivity contribution < 1.29 is 33.5 Å². The Morgan fingerprint density at radius 1 is 0.914 bits per heavy atom. The highest BCUT2D eigenvalue weighted by Gasteiger charge is 2.30. The summed E-state index contributed by atoms with van der Waals surface area (Å²) in [6.45, 7) is 7.52. The second-order valence-corrected chi connectivity index (χ2v) is 9.36. The first-order chi connectivity index (χ1) is 16.6. The number of hydroxylamine groups is 2. The lowest BCUT2D eigenvalue weighted by atomic mass is 10.1. The predicted octanol–water partition coefficient (Wildman–Crippen LogP) is 4.55. The molecule has 0 saturated carbocycles. The summed E-state index contributed by atoms with van der Waals surface area (Å²) in [6, 6.07) is 7.23. The lowest BCUT2D eigenvalue weighted by Gasteiger charge is -2.27. The minimum atomic E-state index is -0.944. The number of rotatable bonds is 13. The summed E-state index contributed by atoms with van der Waals surface area (Å²) in [7, 11) is 0. The zero-order chi connectivity index (χ0) is 25.8. The van der Waals surface area contributed by atoms with Crippen LogP contribution in [0.15, 0.2) is 36.4 Å². The molecule has 0 saturated heterocycles. The molecule has 1 aliphatic rings. The molecule has 192 valence electrons. The van der Waals surface area contributed by atoms with Crippen LogP contribution in [-0.2, 0) is 30.5 Å². The van der Waals surface area contributed by atoms with Gasteiger partial charge in [0.1, 0.15) is 17.9 Å². The van der Waals surface area contributed by atoms with E-state index in [1.807, 2.05) is 12.1 Å². The van der Waals surface area contributed by atoms with Crippen molar-refractivity contribution in [1.82, 2.24) is 9.96 Å². The van der Waals surface area contributed by atoms with Crippen LogP contribution in [-0.4, -0.2) is 52.6 Å². The van der Waals surface area contributed by atoms with E-state index in [0.29, 0.717) is 11.7 Å². The van der Waals surface area contributed by atoms with E-state index in [-0.39, 0.29) is 6.54 Å². The van der Waals surface area contributed by atoms with Gasteiger partial charge in [0.2, 0.25) is 0 Å². The Kier molecular flexibility index (Phi) is 10.8. The first-order valence-electron chi connectivity index (χ1n) is 12.1. The summed E-state index contributed by atoms with van der Waals surface area (Å²) >= 11 is 0. The number of ether oxygens (including phenoxy) is 2. The molecule has 9 nitrogen and oxygen atoms in total. The van der Waals surface area contributed by atoms with E-state index < -0.39 is 36.0 Å². The SMILES string of the molecule is CCCCCCCCOc1ccc(CN(CC(=O)ON2C(=O)C=CC2=O)C(=O)OC(C)(C)C)cc1. The third-order valence-electron chi connectivity index (χ3n) is 5.00. The third kappa shape index (κ3) is 10.2. The predicted molar refractivity (Wildman–Crippen MR) is 129 cm³/mol. The normalized spacial score (nSPS) is 13.2. The van der Waals surface area contributed by atoms with Crippen molar-refractivity contribution in [3.8, 4) is 5.75 Å². The standard InChI is InChI=1S/C26H36N2O7/c1-5-6-7-8-9-10-17-33-21-13-11-20(12-14-21)18-27(25(32)34-26(2,3)4)19-24(31)35-28-22(29)15-16-23(28)30/h11-16H,5-10,17-19H2,1-4H3. The second-order valence-electron chi connectivity index (χ2n) is 9.36. The van der Waals surface area contributed by atoms with E-state index in [0.717, 1.165) is 41.2 Å². The van der Waals surface area contributed by atoms with Gasteiger partial charge in [-0.05, 0) is 44.9 Å². The average Bonchev–Trinajstić information content (AvgIpc) is 3.10. The average molecular weight is 489 g/mol. The Balaban J connectivity index is 1.93. The summed E-state index contributed by atoms with van der Waals surface area (Å²) in [5.74, 6) is -1.74. The number of benzene rings is 1. The number of amides is 3. The molecule has 0 bridgehead atoms. The van der Waals surface area contributed by atoms with Crippen molar-refractivity contribution in [2.75, 3.05) is 13.2 Å². The quantitative estimate of drug-likeness (QED) is 0.296. The van der Waals surface area contributed by atoms with Gasteiger partial charge in [-0.15, -0.1) is 0 Å². The first kappa shape index (κ1) is 27.9. The lowest BCUT2D eigenvalue weighted by molar-refractivity contribution is -0.196. The molecule has 0 atom stereocenters. The number of nitrogens with zero attached hydrogens (tertiary/aromatic N) is 2. The van der Waals surface area contributed by atoms with Gasteiger partial charge >= 0.3 is 12.1 Å². The molecule has 35 heavy (non-hydrogen) atoms. The van der Waals surface area contributed by atoms with Crippen molar-refractivity contribution in [1.29, 1.82) is 0 Å². The molecular formula is C26H36N2O7. The largest absolute Gasteiger partial charge is 0.494 e. The van der Waals surface area contributed by atoms with E-state index in [1.54, 1.807) is 32.9 Å². The van der Waals surface area contributed by atoms with Crippen LogP contribution >= 0.6 is 0 Å². The van der Waals surface area contributed by atoms with E-state index in [4.69, 9.17) is 14.3 Å². The number of unbranched alkanes of at least 4 members (excludes halogenated alkanes) is 5. The molecule has 0 aromatic heterocycles. The molecule has 0 aliphatic carbocycles. The van der Waals surface area contributed by atoms with Gasteiger partial charge in [0.25, 0.3) is 11.8 Å². The second kappa shape index (κ2) is 13.5. The van der Waals surface area contributed by atoms with Gasteiger partial charge in [-0.2, -0.15) is 0 Å². The van der Waals surface area contributed by atoms with E-state index in [9.17, 15) is 19.2 Å². The van der Waals surface area contributed by atoms with Crippen LogP contribution in [0.1, 0.15) is 71.8 Å². The van der Waals surface area contributed by atoms with Crippen molar-refractivity contribution in [3.63, 3.8) is 0 Å². The molecule has 9 heteroatoms. The summed E-state index contributed by atoms with van der Waals surface area (Å²) in [4.78, 5) is 54.3. The number of hydrogen-bond acceptors (Lipinski definition) is 7. The highest BCUT2D eigenvalue weighted by atomic mass is 16.7. The van der Waals surface area contributed by atoms with Crippen LogP contribution in [0.3, 0.4) is 0 Å². The molecule has 2 rings (SSSR count). The fraction of sp³-hybridized carbons (Fsp3) is 0.538. The molecule has 1 aliphatic heterocycles. The van der Waals surface area contributed by atoms with Crippen LogP contribution in [0, 0.1) is 0 Å². The van der Waals surface area contributed by atoms with E-state index in [1.165, 1.54) is 25.7 Å². The smallest absolute Gasteiger partial charge is 0.411 e. The molecular weight excluding hydrogens is 452 g/mol. The molecule has 0 N–H and O–H groups in total. The number of imide groups is 1. The van der Waals surface area contributed by atoms with Crippen LogP contribution < -0.4 is 4.74 Å². The summed E-state index contributed by atoms with van der Waals surface area (Å²) in [6.07, 6.45) is 8.38. The Labute approximate surface area is 206 Å². The summed E-state index contributed by atoms with van der Waals surface area (Å²) < 4.78 is 11.2. The maximum Gasteiger partial charge on any atom is 0.411 e. The van der Waals surface area contributed by atoms with Gasteiger partial charge in [-0.25, -0.2) is 9.59 Å². The van der Waals surface area contributed by atoms with Crippen LogP contribution in [0.25, 0.3) is 0 Å². The molecule has 0 spiro atoms. The Morgan fingerprint density at radius 2 is 1.51 bits per heavy atom. The molecule has 3 amide bonds. The Hall–Kier alpha value is -3.36. The van der Waals surface area contributed by atoms with E-state index >= 15 is 0 Å². The number of carbonyl (C=O) groups excluding carboxylic acids is 4. The van der Waals surface area contributed by atoms with Gasteiger partial charge in [-0.3, -0.25) is 14.5 Å². The minimum absolute atomic E-state index is 0.0574. The topological polar surface area (TPSA) is 102 Å². The molecule has 0 fully saturated rings. The van der Waals surface area contributed by atoms with Crippen molar-refractivity contribution >= 4 is 23.9 Å². The zero-order valence-electron chi connectivity index (χ0n) is 21.1. The fourth-order valence-corrected chi connectivity index (χ4v) is 3.26. The zero-order valence-corrected chi connectivity index (χ0v) is 21.1. The van der Waals surface area contributed by atoms with Crippen LogP contribution in [0.4, 0.5) is 4.79 Å². The van der Waals surface area contributed by atoms with Gasteiger partial charge < -0.3 is 14.3 Å². The van der Waals surface area contributed by atoms with Gasteiger partial charge in [0.15, 0.2) is 0 Å². The highest BCUT2D eigenvalue weighted by Crippen LogP contribution is 2.17. The van der Waals surface area contributed by atoms with Gasteiger partial charge in [-0.1, -0.05) is 56.2 Å². The van der Waals surface area contributed by atoms with E-state index in [2.05, 4.69) is 6.92 Å². The number of hydrogen-bond donors (Lipinski definition) is 0. The Bertz CT molecular complexity index is 885. The lowest BCUT2D eigenvalue weighted by Crippen LogP contribution is -2.42. The highest BCUT2D eigenvalue weighted by molar-refractivity contribution is 6.12. The maximum absolute atomic E-state index is 12.7. The van der Waals surface area contributed by atoms with Crippen LogP contribution in [0.5, 0.6) is 5.75 Å². The molecule has 1 heterocycles. The van der Waals surface area contributed by atoms with Gasteiger partial charge in [0, 0.05) is 18.7 Å². The first-order valence-corrected chi connectivity index (χ1v) is 12.1. The minimum Gasteiger partial charge on any atom is -0.494 e. The summed E-state index contributed by atoms with van der Waals surface area (Å²) in [5, 5.41) is 0.353. The number of carbonyl (C=O) groups is 4. The molecule has 1 aromatic rings. The summed E-state index contributed by atoms with van der Waals surface area (Å²) in [5.41, 5.74) is -0.0382. The van der Waals surface area contributed by atoms with Crippen molar-refractivity contribution in [2.45, 2.75) is 78.4 Å². The molecule has 0 radical (unpaired) electrons. The van der Waals surface area contributed by atoms with Crippen molar-refractivity contribution in [3.05, 3.63) is 42.0 Å². The monoisotopic (exact) mass is 488 g/mol. The third-order valence-corrected chi connectivity index (χ3v) is 5.00. The van der Waals surface area contributed by atoms with Gasteiger partial charge in [0.05, 0.1) is 6.61 Å². The van der Waals surface area contributed by atoms with Crippen LogP contribution in [0.2, 0.25) is 0 Å². The van der Waals surface area contributed by atoms with Crippen molar-refractivity contribution in [2.24, 2.45) is 0 Å².